The minimum atomic E-state index is -1.42. The van der Waals surface area contributed by atoms with Gasteiger partial charge < -0.3 is 24.6 Å². The molecule has 0 radical (unpaired) electrons. The third-order valence-corrected chi connectivity index (χ3v) is 7.40. The molecule has 5 atom stereocenters. The van der Waals surface area contributed by atoms with Gasteiger partial charge in [-0.25, -0.2) is 4.79 Å². The maximum Gasteiger partial charge on any atom is 0.323 e. The SMILES string of the molecule is C[C@@H]1CN2c3c(cc4c(-c5ccccn5)noc4c3Cl)CC3(C(=O)NC(=O)NC3O)[C@H]2[C@H](C)O1. The van der Waals surface area contributed by atoms with Crippen molar-refractivity contribution in [2.75, 3.05) is 11.4 Å². The van der Waals surface area contributed by atoms with E-state index in [1.54, 1.807) is 6.20 Å². The number of morpholine rings is 1. The van der Waals surface area contributed by atoms with Crippen molar-refractivity contribution < 1.29 is 24.0 Å². The second-order valence-corrected chi connectivity index (χ2v) is 9.50. The van der Waals surface area contributed by atoms with Crippen LogP contribution in [0.3, 0.4) is 0 Å². The second kappa shape index (κ2) is 7.39. The lowest BCUT2D eigenvalue weighted by Gasteiger charge is -2.57. The second-order valence-electron chi connectivity index (χ2n) is 9.12. The number of fused-ring (bicyclic) bond motifs is 5. The van der Waals surface area contributed by atoms with E-state index in [0.717, 1.165) is 5.56 Å². The van der Waals surface area contributed by atoms with Crippen LogP contribution in [0.4, 0.5) is 10.5 Å². The van der Waals surface area contributed by atoms with Gasteiger partial charge in [-0.05, 0) is 44.0 Å². The van der Waals surface area contributed by atoms with Crippen molar-refractivity contribution in [3.63, 3.8) is 0 Å². The molecule has 3 aliphatic heterocycles. The first-order valence-electron chi connectivity index (χ1n) is 11.1. The lowest BCUT2D eigenvalue weighted by molar-refractivity contribution is -0.155. The Morgan fingerprint density at radius 2 is 2.12 bits per heavy atom. The highest BCUT2D eigenvalue weighted by atomic mass is 35.5. The number of aromatic nitrogens is 2. The number of aliphatic hydroxyl groups excluding tert-OH is 1. The van der Waals surface area contributed by atoms with Gasteiger partial charge in [0.1, 0.15) is 22.4 Å². The Balaban J connectivity index is 1.60. The summed E-state index contributed by atoms with van der Waals surface area (Å²) in [5, 5.41) is 21.2. The van der Waals surface area contributed by atoms with Gasteiger partial charge >= 0.3 is 6.03 Å². The molecule has 10 nitrogen and oxygen atoms in total. The Bertz CT molecular complexity index is 1330. The number of nitrogens with zero attached hydrogens (tertiary/aromatic N) is 3. The van der Waals surface area contributed by atoms with Crippen LogP contribution >= 0.6 is 11.6 Å². The van der Waals surface area contributed by atoms with Gasteiger partial charge in [0.25, 0.3) is 0 Å². The molecular weight excluding hydrogens is 462 g/mol. The van der Waals surface area contributed by atoms with E-state index in [1.807, 2.05) is 43.0 Å². The monoisotopic (exact) mass is 483 g/mol. The highest BCUT2D eigenvalue weighted by Crippen LogP contribution is 2.52. The molecule has 2 unspecified atom stereocenters. The fourth-order valence-electron chi connectivity index (χ4n) is 5.79. The summed E-state index contributed by atoms with van der Waals surface area (Å²) in [7, 11) is 0. The molecule has 3 aromatic rings. The number of imide groups is 1. The molecule has 1 spiro atoms. The summed E-state index contributed by atoms with van der Waals surface area (Å²) in [5.74, 6) is -0.555. The van der Waals surface area contributed by atoms with E-state index in [1.165, 1.54) is 0 Å². The molecule has 0 bridgehead atoms. The zero-order chi connectivity index (χ0) is 23.8. The largest absolute Gasteiger partial charge is 0.372 e. The summed E-state index contributed by atoms with van der Waals surface area (Å²) < 4.78 is 11.7. The van der Waals surface area contributed by atoms with Crippen LogP contribution in [0.15, 0.2) is 35.0 Å². The number of carbonyl (C=O) groups is 2. The lowest BCUT2D eigenvalue weighted by atomic mass is 9.66. The number of hydrogen-bond donors (Lipinski definition) is 3. The number of halogens is 1. The van der Waals surface area contributed by atoms with Crippen molar-refractivity contribution in [3.05, 3.63) is 41.0 Å². The third kappa shape index (κ3) is 2.82. The maximum absolute atomic E-state index is 13.4. The first-order valence-corrected chi connectivity index (χ1v) is 11.4. The molecule has 2 saturated heterocycles. The molecule has 1 aromatic carbocycles. The fourth-order valence-corrected chi connectivity index (χ4v) is 6.16. The molecule has 34 heavy (non-hydrogen) atoms. The Morgan fingerprint density at radius 3 is 2.85 bits per heavy atom. The van der Waals surface area contributed by atoms with Crippen molar-refractivity contribution in [1.82, 2.24) is 20.8 Å². The maximum atomic E-state index is 13.4. The van der Waals surface area contributed by atoms with Crippen LogP contribution in [0.1, 0.15) is 19.4 Å². The average molecular weight is 484 g/mol. The van der Waals surface area contributed by atoms with Crippen LogP contribution in [-0.2, 0) is 16.0 Å². The molecule has 176 valence electrons. The van der Waals surface area contributed by atoms with E-state index in [9.17, 15) is 14.7 Å². The normalized spacial score (nSPS) is 30.6. The molecule has 0 saturated carbocycles. The van der Waals surface area contributed by atoms with Crippen LogP contribution in [0, 0.1) is 5.41 Å². The topological polar surface area (TPSA) is 130 Å². The van der Waals surface area contributed by atoms with Crippen molar-refractivity contribution in [3.8, 4) is 11.4 Å². The summed E-state index contributed by atoms with van der Waals surface area (Å²) in [5.41, 5.74) is 1.64. The highest BCUT2D eigenvalue weighted by molar-refractivity contribution is 6.38. The van der Waals surface area contributed by atoms with Crippen LogP contribution in [-0.4, -0.2) is 58.2 Å². The molecule has 2 fully saturated rings. The number of anilines is 1. The standard InChI is InChI=1S/C23H22ClN5O5/c1-10-9-29-17-12(7-13-16(14-5-3-4-6-25-14)28-34-18(13)15(17)24)8-23(19(29)11(2)33-10)20(30)26-22(32)27-21(23)31/h3-7,10-11,19-20,30H,8-9H2,1-2H3,(H2,26,27,31,32)/t10-,11+,19-,20?,23?/m1/s1. The van der Waals surface area contributed by atoms with Crippen molar-refractivity contribution in [2.24, 2.45) is 5.41 Å². The van der Waals surface area contributed by atoms with E-state index in [2.05, 4.69) is 20.8 Å². The molecule has 3 N–H and O–H groups in total. The van der Waals surface area contributed by atoms with Crippen LogP contribution in [0.2, 0.25) is 5.02 Å². The Labute approximate surface area is 199 Å². The number of hydrogen-bond acceptors (Lipinski definition) is 8. The zero-order valence-corrected chi connectivity index (χ0v) is 19.2. The lowest BCUT2D eigenvalue weighted by Crippen LogP contribution is -2.76. The first kappa shape index (κ1) is 21.3. The third-order valence-electron chi connectivity index (χ3n) is 7.05. The van der Waals surface area contributed by atoms with Crippen molar-refractivity contribution >= 4 is 40.2 Å². The average Bonchev–Trinajstić information content (AvgIpc) is 3.21. The van der Waals surface area contributed by atoms with Gasteiger partial charge in [-0.2, -0.15) is 0 Å². The molecule has 3 amide bonds. The number of nitrogens with one attached hydrogen (secondary N) is 2. The minimum Gasteiger partial charge on any atom is -0.372 e. The predicted molar refractivity (Wildman–Crippen MR) is 122 cm³/mol. The van der Waals surface area contributed by atoms with Crippen molar-refractivity contribution in [2.45, 2.75) is 44.7 Å². The van der Waals surface area contributed by atoms with Gasteiger partial charge in [0, 0.05) is 12.7 Å². The number of aliphatic hydroxyl groups is 1. The summed E-state index contributed by atoms with van der Waals surface area (Å²) in [4.78, 5) is 31.7. The number of benzene rings is 1. The molecule has 2 aromatic heterocycles. The number of amides is 3. The summed E-state index contributed by atoms with van der Waals surface area (Å²) in [6.45, 7) is 4.23. The Hall–Kier alpha value is -3.21. The first-order chi connectivity index (χ1) is 16.3. The van der Waals surface area contributed by atoms with Crippen LogP contribution in [0.5, 0.6) is 0 Å². The molecule has 3 aliphatic rings. The van der Waals surface area contributed by atoms with Gasteiger partial charge in [-0.15, -0.1) is 0 Å². The van der Waals surface area contributed by atoms with E-state index >= 15 is 0 Å². The van der Waals surface area contributed by atoms with E-state index in [-0.39, 0.29) is 12.5 Å². The highest BCUT2D eigenvalue weighted by Gasteiger charge is 2.62. The number of carbonyl (C=O) groups excluding carboxylic acids is 2. The molecular formula is C23H22ClN5O5. The van der Waals surface area contributed by atoms with E-state index in [4.69, 9.17) is 20.9 Å². The molecule has 11 heteroatoms. The smallest absolute Gasteiger partial charge is 0.323 e. The summed E-state index contributed by atoms with van der Waals surface area (Å²) in [6, 6.07) is 6.05. The number of pyridine rings is 1. The van der Waals surface area contributed by atoms with Gasteiger partial charge in [-0.1, -0.05) is 22.8 Å². The summed E-state index contributed by atoms with van der Waals surface area (Å²) in [6.07, 6.45) is -0.212. The molecule has 0 aliphatic carbocycles. The predicted octanol–water partition coefficient (Wildman–Crippen LogP) is 2.23. The Morgan fingerprint density at radius 1 is 1.29 bits per heavy atom. The van der Waals surface area contributed by atoms with Crippen molar-refractivity contribution in [1.29, 1.82) is 0 Å². The van der Waals surface area contributed by atoms with Crippen LogP contribution < -0.4 is 15.5 Å². The minimum absolute atomic E-state index is 0.126. The number of ether oxygens (including phenoxy) is 1. The van der Waals surface area contributed by atoms with E-state index < -0.39 is 35.7 Å². The molecule has 6 rings (SSSR count). The number of urea groups is 1. The van der Waals surface area contributed by atoms with Gasteiger partial charge in [0.2, 0.25) is 5.91 Å². The van der Waals surface area contributed by atoms with Gasteiger partial charge in [-0.3, -0.25) is 15.1 Å². The van der Waals surface area contributed by atoms with Gasteiger partial charge in [0.15, 0.2) is 5.58 Å². The van der Waals surface area contributed by atoms with Crippen LogP contribution in [0.25, 0.3) is 22.4 Å². The molecule has 5 heterocycles. The number of rotatable bonds is 1. The Kier molecular flexibility index (Phi) is 4.64. The van der Waals surface area contributed by atoms with E-state index in [0.29, 0.717) is 39.6 Å². The van der Waals surface area contributed by atoms with Gasteiger partial charge in [0.05, 0.1) is 35.0 Å². The zero-order valence-electron chi connectivity index (χ0n) is 18.4. The fraction of sp³-hybridized carbons (Fsp3) is 0.391. The summed E-state index contributed by atoms with van der Waals surface area (Å²) >= 11 is 6.93. The quantitative estimate of drug-likeness (QED) is 0.480.